The van der Waals surface area contributed by atoms with E-state index in [4.69, 9.17) is 10.6 Å². The minimum atomic E-state index is -1.21. The number of nitrogens with one attached hydrogen (secondary N) is 2. The van der Waals surface area contributed by atoms with Crippen molar-refractivity contribution in [2.75, 3.05) is 31.2 Å². The lowest BCUT2D eigenvalue weighted by molar-refractivity contribution is -0.664. The Morgan fingerprint density at radius 1 is 1.36 bits per heavy atom. The molecule has 3 aromatic heterocycles. The number of carbonyl (C=O) groups is 3. The van der Waals surface area contributed by atoms with Crippen LogP contribution in [0.15, 0.2) is 41.1 Å². The van der Waals surface area contributed by atoms with E-state index in [0.29, 0.717) is 11.3 Å². The SMILES string of the molecule is CCNCCCn1cnc2c1ccc[n+]2CC1=C(C(=O)O)N2C(=O)C(NC(=O)C(=NOCC)c3nsc(N)n3)C2SC1. The Kier molecular flexibility index (Phi) is 8.98. The Hall–Kier alpha value is -4.09. The summed E-state index contributed by atoms with van der Waals surface area (Å²) >= 11 is 2.27. The van der Waals surface area contributed by atoms with Crippen LogP contribution in [0.1, 0.15) is 26.1 Å². The number of oxime groups is 1. The zero-order valence-electron chi connectivity index (χ0n) is 23.0. The number of hydrogen-bond donors (Lipinski definition) is 4. The third kappa shape index (κ3) is 5.79. The molecule has 2 aliphatic heterocycles. The third-order valence-electron chi connectivity index (χ3n) is 6.70. The molecule has 0 aromatic carbocycles. The Balaban J connectivity index is 1.34. The molecule has 0 spiro atoms. The van der Waals surface area contributed by atoms with Crippen LogP contribution in [0.3, 0.4) is 0 Å². The van der Waals surface area contributed by atoms with Gasteiger partial charge in [0.25, 0.3) is 11.8 Å². The second kappa shape index (κ2) is 12.8. The maximum atomic E-state index is 13.2. The average Bonchev–Trinajstić information content (AvgIpc) is 3.60. The summed E-state index contributed by atoms with van der Waals surface area (Å²) in [6.07, 6.45) is 4.58. The number of aromatic nitrogens is 5. The van der Waals surface area contributed by atoms with E-state index >= 15 is 0 Å². The second-order valence-electron chi connectivity index (χ2n) is 9.42. The molecule has 2 aliphatic rings. The zero-order chi connectivity index (χ0) is 29.8. The second-order valence-corrected chi connectivity index (χ2v) is 11.3. The summed E-state index contributed by atoms with van der Waals surface area (Å²) in [5, 5.41) is 19.4. The molecular weight excluding hydrogens is 584 g/mol. The highest BCUT2D eigenvalue weighted by Crippen LogP contribution is 2.40. The van der Waals surface area contributed by atoms with Crippen molar-refractivity contribution < 1.29 is 28.9 Å². The molecule has 2 atom stereocenters. The van der Waals surface area contributed by atoms with Crippen LogP contribution in [0.5, 0.6) is 0 Å². The van der Waals surface area contributed by atoms with Crippen LogP contribution < -0.4 is 20.9 Å². The minimum absolute atomic E-state index is 0.0250. The minimum Gasteiger partial charge on any atom is -0.477 e. The van der Waals surface area contributed by atoms with E-state index in [0.717, 1.165) is 48.8 Å². The number of thioether (sulfide) groups is 1. The van der Waals surface area contributed by atoms with Gasteiger partial charge in [0.2, 0.25) is 17.9 Å². The van der Waals surface area contributed by atoms with Crippen LogP contribution >= 0.6 is 23.3 Å². The number of anilines is 1. The lowest BCUT2D eigenvalue weighted by Crippen LogP contribution is -2.71. The fourth-order valence-electron chi connectivity index (χ4n) is 4.80. The monoisotopic (exact) mass is 615 g/mol. The van der Waals surface area contributed by atoms with E-state index in [1.807, 2.05) is 22.9 Å². The molecule has 17 heteroatoms. The molecule has 1 saturated heterocycles. The highest BCUT2D eigenvalue weighted by Gasteiger charge is 2.54. The van der Waals surface area contributed by atoms with Crippen molar-refractivity contribution in [2.24, 2.45) is 5.16 Å². The van der Waals surface area contributed by atoms with E-state index in [-0.39, 0.29) is 35.5 Å². The largest absolute Gasteiger partial charge is 0.477 e. The van der Waals surface area contributed by atoms with Crippen LogP contribution in [0, 0.1) is 0 Å². The molecule has 1 fully saturated rings. The van der Waals surface area contributed by atoms with Crippen molar-refractivity contribution in [2.45, 2.75) is 44.8 Å². The summed E-state index contributed by atoms with van der Waals surface area (Å²) in [5.41, 5.74) is 7.58. The van der Waals surface area contributed by atoms with Crippen LogP contribution in [0.2, 0.25) is 0 Å². The number of aryl methyl sites for hydroxylation is 1. The van der Waals surface area contributed by atoms with Gasteiger partial charge < -0.3 is 30.9 Å². The third-order valence-corrected chi connectivity index (χ3v) is 8.59. The highest BCUT2D eigenvalue weighted by atomic mass is 32.2. The molecule has 2 unspecified atom stereocenters. The van der Waals surface area contributed by atoms with Crippen LogP contribution in [-0.4, -0.2) is 89.3 Å². The van der Waals surface area contributed by atoms with Crippen LogP contribution in [0.25, 0.3) is 11.2 Å². The number of nitrogen functional groups attached to an aromatic ring is 1. The molecule has 0 bridgehead atoms. The molecule has 5 rings (SSSR count). The van der Waals surface area contributed by atoms with Crippen molar-refractivity contribution in [3.05, 3.63) is 41.8 Å². The van der Waals surface area contributed by atoms with E-state index in [2.05, 4.69) is 41.6 Å². The number of pyridine rings is 1. The molecule has 42 heavy (non-hydrogen) atoms. The van der Waals surface area contributed by atoms with Gasteiger partial charge in [0, 0.05) is 29.4 Å². The molecule has 3 aromatic rings. The van der Waals surface area contributed by atoms with E-state index in [1.54, 1.807) is 13.3 Å². The smallest absolute Gasteiger partial charge is 0.352 e. The van der Waals surface area contributed by atoms with Gasteiger partial charge in [0.1, 0.15) is 35.8 Å². The summed E-state index contributed by atoms with van der Waals surface area (Å²) in [6, 6.07) is 2.92. The maximum absolute atomic E-state index is 13.2. The quantitative estimate of drug-likeness (QED) is 0.0661. The number of nitrogens with zero attached hydrogens (tertiary/aromatic N) is 7. The first-order chi connectivity index (χ1) is 20.3. The van der Waals surface area contributed by atoms with Gasteiger partial charge in [0.05, 0.1) is 6.20 Å². The Morgan fingerprint density at radius 2 is 2.19 bits per heavy atom. The average molecular weight is 616 g/mol. The van der Waals surface area contributed by atoms with Crippen LogP contribution in [0.4, 0.5) is 5.13 Å². The zero-order valence-corrected chi connectivity index (χ0v) is 24.7. The van der Waals surface area contributed by atoms with Crippen molar-refractivity contribution in [1.29, 1.82) is 0 Å². The van der Waals surface area contributed by atoms with E-state index in [9.17, 15) is 19.5 Å². The van der Waals surface area contributed by atoms with Crippen LogP contribution in [-0.2, 0) is 32.3 Å². The molecule has 5 N–H and O–H groups in total. The fourth-order valence-corrected chi connectivity index (χ4v) is 6.57. The van der Waals surface area contributed by atoms with Gasteiger partial charge in [-0.15, -0.1) is 11.8 Å². The Morgan fingerprint density at radius 3 is 2.90 bits per heavy atom. The first kappa shape index (κ1) is 29.4. The number of carboxylic acids is 1. The topological polar surface area (TPSA) is 194 Å². The number of carbonyl (C=O) groups excluding carboxylic acids is 2. The number of rotatable bonds is 13. The summed E-state index contributed by atoms with van der Waals surface area (Å²) in [7, 11) is 0. The number of carboxylic acid groups (broad SMARTS) is 1. The predicted octanol–water partition coefficient (Wildman–Crippen LogP) is -0.0635. The lowest BCUT2D eigenvalue weighted by atomic mass is 10.0. The van der Waals surface area contributed by atoms with Crippen molar-refractivity contribution in [3.8, 4) is 0 Å². The first-order valence-corrected chi connectivity index (χ1v) is 15.2. The summed E-state index contributed by atoms with van der Waals surface area (Å²) in [5.74, 6) is -2.15. The van der Waals surface area contributed by atoms with Gasteiger partial charge in [-0.3, -0.25) is 14.5 Å². The number of β-lactam (4-membered cyclic amide) rings is 1. The lowest BCUT2D eigenvalue weighted by Gasteiger charge is -2.49. The van der Waals surface area contributed by atoms with E-state index in [1.165, 1.54) is 16.7 Å². The van der Waals surface area contributed by atoms with Gasteiger partial charge in [-0.1, -0.05) is 12.1 Å². The molecule has 15 nitrogen and oxygen atoms in total. The first-order valence-electron chi connectivity index (χ1n) is 13.4. The normalized spacial score (nSPS) is 18.7. The Bertz CT molecular complexity index is 1570. The number of amides is 2. The van der Waals surface area contributed by atoms with Crippen molar-refractivity contribution >= 4 is 63.1 Å². The standard InChI is InChI=1S/C25H30N10O5S2/c1-3-27-8-6-10-34-13-28-20-15(34)7-5-9-33(20)11-14-12-41-23-17(22(37)35(23)18(14)24(38)39)29-21(36)16(31-40-4-2)19-30-25(26)42-32-19/h5,7,9,13,17,23,27H,3-4,6,8,10-12H2,1-2H3,(H3-,26,29,30,32,36,38,39)/p+1. The van der Waals surface area contributed by atoms with Gasteiger partial charge in [-0.2, -0.15) is 9.36 Å². The Labute approximate surface area is 249 Å². The predicted molar refractivity (Wildman–Crippen MR) is 155 cm³/mol. The van der Waals surface area contributed by atoms with Gasteiger partial charge in [-0.25, -0.2) is 9.36 Å². The highest BCUT2D eigenvalue weighted by molar-refractivity contribution is 8.00. The number of imidazole rings is 1. The molecule has 5 heterocycles. The number of nitrogens with two attached hydrogens (primary N) is 1. The van der Waals surface area contributed by atoms with E-state index < -0.39 is 29.2 Å². The number of fused-ring (bicyclic) bond motifs is 2. The molecule has 222 valence electrons. The molecule has 2 amide bonds. The number of aliphatic carboxylic acids is 1. The van der Waals surface area contributed by atoms with Gasteiger partial charge in [0.15, 0.2) is 5.13 Å². The maximum Gasteiger partial charge on any atom is 0.352 e. The fraction of sp³-hybridized carbons (Fsp3) is 0.440. The van der Waals surface area contributed by atoms with Gasteiger partial charge >= 0.3 is 11.6 Å². The molecule has 0 saturated carbocycles. The van der Waals surface area contributed by atoms with Gasteiger partial charge in [-0.05, 0) is 43.6 Å². The van der Waals surface area contributed by atoms with Crippen molar-refractivity contribution in [1.82, 2.24) is 34.4 Å². The summed E-state index contributed by atoms with van der Waals surface area (Å²) in [6.45, 7) is 6.82. The number of hydrogen-bond acceptors (Lipinski definition) is 12. The summed E-state index contributed by atoms with van der Waals surface area (Å²) in [4.78, 5) is 53.6. The molecule has 0 radical (unpaired) electrons. The molecular formula is C25H31N10O5S2+. The van der Waals surface area contributed by atoms with Crippen molar-refractivity contribution in [3.63, 3.8) is 0 Å². The molecule has 0 aliphatic carbocycles. The summed E-state index contributed by atoms with van der Waals surface area (Å²) < 4.78 is 7.97.